The second-order valence-electron chi connectivity index (χ2n) is 3.52. The second-order valence-corrected chi connectivity index (χ2v) is 4.31. The minimum absolute atomic E-state index is 0.0688. The van der Waals surface area contributed by atoms with Crippen molar-refractivity contribution in [1.82, 2.24) is 0 Å². The van der Waals surface area contributed by atoms with E-state index in [1.54, 1.807) is 6.92 Å². The number of hydrogen-bond donors (Lipinski definition) is 1. The lowest BCUT2D eigenvalue weighted by Crippen LogP contribution is -2.19. The number of carbonyl (C=O) groups excluding carboxylic acids is 1. The monoisotopic (exact) mass is 300 g/mol. The lowest BCUT2D eigenvalue weighted by Gasteiger charge is -2.21. The molecule has 0 bridgehead atoms. The number of carbonyl (C=O) groups is 2. The van der Waals surface area contributed by atoms with E-state index in [1.807, 2.05) is 0 Å². The number of ether oxygens (including phenoxy) is 2. The Kier molecular flexibility index (Phi) is 3.06. The molecule has 6 heteroatoms. The van der Waals surface area contributed by atoms with E-state index in [4.69, 9.17) is 14.6 Å². The van der Waals surface area contributed by atoms with Crippen LogP contribution in [0.15, 0.2) is 10.5 Å². The molecule has 0 saturated heterocycles. The topological polar surface area (TPSA) is 72.8 Å². The van der Waals surface area contributed by atoms with Crippen LogP contribution in [0.1, 0.15) is 15.9 Å². The van der Waals surface area contributed by atoms with Gasteiger partial charge in [0.2, 0.25) is 0 Å². The van der Waals surface area contributed by atoms with Gasteiger partial charge in [-0.3, -0.25) is 4.79 Å². The van der Waals surface area contributed by atoms with Crippen molar-refractivity contribution in [1.29, 1.82) is 0 Å². The summed E-state index contributed by atoms with van der Waals surface area (Å²) in [5, 5.41) is 8.71. The highest BCUT2D eigenvalue weighted by Gasteiger charge is 2.25. The van der Waals surface area contributed by atoms with Gasteiger partial charge in [-0.05, 0) is 28.9 Å². The summed E-state index contributed by atoms with van der Waals surface area (Å²) in [5.74, 6) is -1.52. The van der Waals surface area contributed by atoms with Gasteiger partial charge in [-0.1, -0.05) is 0 Å². The van der Waals surface area contributed by atoms with Crippen LogP contribution in [0, 0.1) is 6.92 Å². The fraction of sp³-hybridized carbons (Fsp3) is 0.273. The fourth-order valence-electron chi connectivity index (χ4n) is 1.61. The van der Waals surface area contributed by atoms with Gasteiger partial charge in [0.25, 0.3) is 5.78 Å². The molecule has 0 radical (unpaired) electrons. The Hall–Kier alpha value is -1.56. The first-order chi connectivity index (χ1) is 8.02. The maximum absolute atomic E-state index is 11.5. The van der Waals surface area contributed by atoms with Crippen molar-refractivity contribution < 1.29 is 24.2 Å². The highest BCUT2D eigenvalue weighted by atomic mass is 79.9. The number of ketones is 1. The van der Waals surface area contributed by atoms with E-state index >= 15 is 0 Å². The molecule has 0 atom stereocenters. The number of carboxylic acid groups (broad SMARTS) is 1. The number of carboxylic acids is 1. The van der Waals surface area contributed by atoms with Crippen molar-refractivity contribution in [3.8, 4) is 11.5 Å². The Morgan fingerprint density at radius 1 is 1.35 bits per heavy atom. The molecule has 17 heavy (non-hydrogen) atoms. The van der Waals surface area contributed by atoms with Crippen molar-refractivity contribution in [3.05, 3.63) is 21.7 Å². The summed E-state index contributed by atoms with van der Waals surface area (Å²) in [7, 11) is 0. The van der Waals surface area contributed by atoms with Crippen molar-refractivity contribution in [3.63, 3.8) is 0 Å². The van der Waals surface area contributed by atoms with Crippen LogP contribution in [0.4, 0.5) is 0 Å². The fourth-order valence-corrected chi connectivity index (χ4v) is 2.08. The molecule has 1 aromatic rings. The van der Waals surface area contributed by atoms with Crippen LogP contribution in [0.5, 0.6) is 11.5 Å². The SMILES string of the molecule is Cc1c(Br)c(C(=O)C(=O)O)cc2c1OCCO2. The highest BCUT2D eigenvalue weighted by molar-refractivity contribution is 9.10. The minimum Gasteiger partial charge on any atom is -0.486 e. The summed E-state index contributed by atoms with van der Waals surface area (Å²) < 4.78 is 11.2. The lowest BCUT2D eigenvalue weighted by molar-refractivity contribution is -0.131. The van der Waals surface area contributed by atoms with E-state index < -0.39 is 11.8 Å². The molecular formula is C11H9BrO5. The predicted octanol–water partition coefficient (Wildman–Crippen LogP) is 1.80. The van der Waals surface area contributed by atoms with Gasteiger partial charge >= 0.3 is 5.97 Å². The number of benzene rings is 1. The summed E-state index contributed by atoms with van der Waals surface area (Å²) in [6, 6.07) is 1.39. The molecule has 1 heterocycles. The molecule has 0 fully saturated rings. The van der Waals surface area contributed by atoms with E-state index in [-0.39, 0.29) is 5.56 Å². The number of halogens is 1. The number of hydrogen-bond acceptors (Lipinski definition) is 4. The molecular weight excluding hydrogens is 292 g/mol. The van der Waals surface area contributed by atoms with Gasteiger partial charge in [-0.15, -0.1) is 0 Å². The smallest absolute Gasteiger partial charge is 0.377 e. The van der Waals surface area contributed by atoms with Gasteiger partial charge in [0, 0.05) is 15.6 Å². The molecule has 0 spiro atoms. The first kappa shape index (κ1) is 11.9. The van der Waals surface area contributed by atoms with Gasteiger partial charge in [0.15, 0.2) is 11.5 Å². The normalized spacial score (nSPS) is 13.3. The number of Topliss-reactive ketones (excluding diaryl/α,β-unsaturated/α-hetero) is 1. The van der Waals surface area contributed by atoms with E-state index in [0.717, 1.165) is 0 Å². The van der Waals surface area contributed by atoms with Crippen molar-refractivity contribution in [2.24, 2.45) is 0 Å². The van der Waals surface area contributed by atoms with Crippen LogP contribution in [0.25, 0.3) is 0 Å². The van der Waals surface area contributed by atoms with Gasteiger partial charge in [0.1, 0.15) is 13.2 Å². The molecule has 0 amide bonds. The third kappa shape index (κ3) is 2.00. The van der Waals surface area contributed by atoms with Crippen molar-refractivity contribution in [2.75, 3.05) is 13.2 Å². The highest BCUT2D eigenvalue weighted by Crippen LogP contribution is 2.40. The molecule has 90 valence electrons. The lowest BCUT2D eigenvalue weighted by atomic mass is 10.1. The quantitative estimate of drug-likeness (QED) is 0.666. The Balaban J connectivity index is 2.59. The van der Waals surface area contributed by atoms with Crippen LogP contribution < -0.4 is 9.47 Å². The molecule has 0 saturated carbocycles. The van der Waals surface area contributed by atoms with Crippen LogP contribution in [-0.2, 0) is 4.79 Å². The first-order valence-electron chi connectivity index (χ1n) is 4.88. The zero-order valence-electron chi connectivity index (χ0n) is 8.95. The number of fused-ring (bicyclic) bond motifs is 1. The van der Waals surface area contributed by atoms with Gasteiger partial charge in [0.05, 0.1) is 0 Å². The van der Waals surface area contributed by atoms with E-state index in [1.165, 1.54) is 6.07 Å². The number of aliphatic carboxylic acids is 1. The maximum Gasteiger partial charge on any atom is 0.377 e. The summed E-state index contributed by atoms with van der Waals surface area (Å²) in [6.07, 6.45) is 0. The van der Waals surface area contributed by atoms with Crippen LogP contribution in [0.3, 0.4) is 0 Å². The molecule has 0 unspecified atom stereocenters. The summed E-state index contributed by atoms with van der Waals surface area (Å²) in [5.41, 5.74) is 0.728. The van der Waals surface area contributed by atoms with Gasteiger partial charge < -0.3 is 14.6 Å². The molecule has 2 rings (SSSR count). The average Bonchev–Trinajstić information content (AvgIpc) is 2.33. The van der Waals surface area contributed by atoms with Gasteiger partial charge in [-0.25, -0.2) is 4.79 Å². The summed E-state index contributed by atoms with van der Waals surface area (Å²) in [4.78, 5) is 22.2. The Morgan fingerprint density at radius 3 is 2.65 bits per heavy atom. The van der Waals surface area contributed by atoms with Crippen molar-refractivity contribution >= 4 is 27.7 Å². The summed E-state index contributed by atoms with van der Waals surface area (Å²) in [6.45, 7) is 2.55. The van der Waals surface area contributed by atoms with E-state index in [9.17, 15) is 9.59 Å². The van der Waals surface area contributed by atoms with Crippen molar-refractivity contribution in [2.45, 2.75) is 6.92 Å². The third-order valence-electron chi connectivity index (χ3n) is 2.43. The third-order valence-corrected chi connectivity index (χ3v) is 3.45. The Morgan fingerprint density at radius 2 is 2.00 bits per heavy atom. The van der Waals surface area contributed by atoms with Gasteiger partial charge in [-0.2, -0.15) is 0 Å². The van der Waals surface area contributed by atoms with Crippen LogP contribution in [-0.4, -0.2) is 30.1 Å². The largest absolute Gasteiger partial charge is 0.486 e. The molecule has 5 nitrogen and oxygen atoms in total. The first-order valence-corrected chi connectivity index (χ1v) is 5.68. The molecule has 0 aromatic heterocycles. The predicted molar refractivity (Wildman–Crippen MR) is 61.8 cm³/mol. The zero-order chi connectivity index (χ0) is 12.6. The summed E-state index contributed by atoms with van der Waals surface area (Å²) >= 11 is 3.21. The van der Waals surface area contributed by atoms with Crippen LogP contribution in [0.2, 0.25) is 0 Å². The molecule has 1 aliphatic rings. The zero-order valence-corrected chi connectivity index (χ0v) is 10.5. The molecule has 1 N–H and O–H groups in total. The minimum atomic E-state index is -1.50. The standard InChI is InChI=1S/C11H9BrO5/c1-5-8(12)6(9(13)11(14)15)4-7-10(5)17-3-2-16-7/h4H,2-3H2,1H3,(H,14,15). The Labute approximate surface area is 105 Å². The molecule has 1 aromatic carbocycles. The number of rotatable bonds is 2. The molecule has 1 aliphatic heterocycles. The van der Waals surface area contributed by atoms with Crippen LogP contribution >= 0.6 is 15.9 Å². The Bertz CT molecular complexity index is 509. The maximum atomic E-state index is 11.5. The average molecular weight is 301 g/mol. The van der Waals surface area contributed by atoms with E-state index in [2.05, 4.69) is 15.9 Å². The van der Waals surface area contributed by atoms with E-state index in [0.29, 0.717) is 34.7 Å². The second kappa shape index (κ2) is 4.37. The molecule has 0 aliphatic carbocycles.